The normalized spacial score (nSPS) is 26.1. The van der Waals surface area contributed by atoms with Crippen molar-refractivity contribution >= 4 is 17.4 Å². The molecule has 0 spiro atoms. The smallest absolute Gasteiger partial charge is 0.246 e. The average molecular weight is 399 g/mol. The van der Waals surface area contributed by atoms with Crippen molar-refractivity contribution in [2.45, 2.75) is 50.1 Å². The topological polar surface area (TPSA) is 78.9 Å². The fourth-order valence-corrected chi connectivity index (χ4v) is 4.74. The van der Waals surface area contributed by atoms with Gasteiger partial charge in [0.15, 0.2) is 0 Å². The second-order valence-electron chi connectivity index (χ2n) is 8.34. The molecular formula is C23H30N2O4. The molecule has 0 aromatic heterocycles. The molecule has 0 bridgehead atoms. The van der Waals surface area contributed by atoms with E-state index in [1.165, 1.54) is 24.7 Å². The molecular weight excluding hydrogens is 368 g/mol. The molecule has 1 aromatic carbocycles. The summed E-state index contributed by atoms with van der Waals surface area (Å²) in [6, 6.07) is 8.15. The van der Waals surface area contributed by atoms with Crippen molar-refractivity contribution in [3.8, 4) is 0 Å². The molecule has 3 atom stereocenters. The van der Waals surface area contributed by atoms with Crippen LogP contribution in [0.3, 0.4) is 0 Å². The van der Waals surface area contributed by atoms with Crippen LogP contribution in [0.4, 0.5) is 0 Å². The summed E-state index contributed by atoms with van der Waals surface area (Å²) in [6.45, 7) is 0.300. The summed E-state index contributed by atoms with van der Waals surface area (Å²) < 4.78 is 4.89. The fraction of sp³-hybridized carbons (Fsp3) is 0.565. The lowest BCUT2D eigenvalue weighted by Gasteiger charge is -2.55. The summed E-state index contributed by atoms with van der Waals surface area (Å²) >= 11 is 0. The number of rotatable bonds is 8. The SMILES string of the molecule is COCC(=O)NC[C@@H]1[C@@H](c2ccc(C3=CCCC3)cc2)[C@@H](CO)N1C(=O)C1CC1. The first-order chi connectivity index (χ1) is 14.1. The molecule has 1 aromatic rings. The summed E-state index contributed by atoms with van der Waals surface area (Å²) in [4.78, 5) is 26.5. The number of nitrogens with zero attached hydrogens (tertiary/aromatic N) is 1. The van der Waals surface area contributed by atoms with E-state index in [2.05, 4.69) is 35.7 Å². The van der Waals surface area contributed by atoms with Crippen molar-refractivity contribution in [1.29, 1.82) is 0 Å². The highest BCUT2D eigenvalue weighted by Gasteiger charge is 2.53. The van der Waals surface area contributed by atoms with Gasteiger partial charge in [-0.1, -0.05) is 30.3 Å². The number of benzene rings is 1. The van der Waals surface area contributed by atoms with Gasteiger partial charge in [0, 0.05) is 25.5 Å². The highest BCUT2D eigenvalue weighted by Crippen LogP contribution is 2.44. The van der Waals surface area contributed by atoms with E-state index in [0.29, 0.717) is 6.54 Å². The van der Waals surface area contributed by atoms with Crippen LogP contribution in [0.15, 0.2) is 30.3 Å². The predicted octanol–water partition coefficient (Wildman–Crippen LogP) is 2.08. The van der Waals surface area contributed by atoms with Gasteiger partial charge in [-0.3, -0.25) is 9.59 Å². The first kappa shape index (κ1) is 20.1. The fourth-order valence-electron chi connectivity index (χ4n) is 4.74. The van der Waals surface area contributed by atoms with E-state index in [0.717, 1.165) is 31.2 Å². The summed E-state index contributed by atoms with van der Waals surface area (Å²) in [6.07, 6.45) is 7.63. The molecule has 2 N–H and O–H groups in total. The second-order valence-corrected chi connectivity index (χ2v) is 8.34. The molecule has 3 aliphatic rings. The third-order valence-electron chi connectivity index (χ3n) is 6.40. The largest absolute Gasteiger partial charge is 0.394 e. The molecule has 1 saturated heterocycles. The Kier molecular flexibility index (Phi) is 6.01. The lowest BCUT2D eigenvalue weighted by atomic mass is 9.74. The van der Waals surface area contributed by atoms with Crippen LogP contribution < -0.4 is 5.32 Å². The highest BCUT2D eigenvalue weighted by atomic mass is 16.5. The van der Waals surface area contributed by atoms with Gasteiger partial charge in [-0.25, -0.2) is 0 Å². The van der Waals surface area contributed by atoms with Gasteiger partial charge in [-0.15, -0.1) is 0 Å². The van der Waals surface area contributed by atoms with Gasteiger partial charge in [0.05, 0.1) is 18.7 Å². The first-order valence-corrected chi connectivity index (χ1v) is 10.6. The highest BCUT2D eigenvalue weighted by molar-refractivity contribution is 5.83. The number of likely N-dealkylation sites (tertiary alicyclic amines) is 1. The van der Waals surface area contributed by atoms with Gasteiger partial charge in [-0.2, -0.15) is 0 Å². The van der Waals surface area contributed by atoms with Crippen molar-refractivity contribution in [2.75, 3.05) is 26.9 Å². The number of aliphatic hydroxyl groups is 1. The Hall–Kier alpha value is -2.18. The van der Waals surface area contributed by atoms with Crippen molar-refractivity contribution in [1.82, 2.24) is 10.2 Å². The first-order valence-electron chi connectivity index (χ1n) is 10.6. The minimum Gasteiger partial charge on any atom is -0.394 e. The van der Waals surface area contributed by atoms with Crippen LogP contribution in [-0.4, -0.2) is 60.8 Å². The number of methoxy groups -OCH3 is 1. The zero-order chi connectivity index (χ0) is 20.4. The number of allylic oxidation sites excluding steroid dienone is 2. The molecule has 4 rings (SSSR count). The lowest BCUT2D eigenvalue weighted by molar-refractivity contribution is -0.152. The molecule has 1 saturated carbocycles. The minimum atomic E-state index is -0.232. The van der Waals surface area contributed by atoms with Crippen molar-refractivity contribution < 1.29 is 19.4 Å². The van der Waals surface area contributed by atoms with Crippen LogP contribution in [0.1, 0.15) is 49.1 Å². The van der Waals surface area contributed by atoms with Gasteiger partial charge >= 0.3 is 0 Å². The van der Waals surface area contributed by atoms with E-state index in [9.17, 15) is 14.7 Å². The van der Waals surface area contributed by atoms with Gasteiger partial charge in [-0.05, 0) is 48.8 Å². The monoisotopic (exact) mass is 398 g/mol. The maximum atomic E-state index is 12.8. The van der Waals surface area contributed by atoms with Crippen LogP contribution in [0.5, 0.6) is 0 Å². The molecule has 2 amide bonds. The Morgan fingerprint density at radius 2 is 1.97 bits per heavy atom. The van der Waals surface area contributed by atoms with Gasteiger partial charge in [0.25, 0.3) is 0 Å². The van der Waals surface area contributed by atoms with E-state index in [-0.39, 0.29) is 48.9 Å². The minimum absolute atomic E-state index is 0.00119. The number of hydrogen-bond acceptors (Lipinski definition) is 4. The van der Waals surface area contributed by atoms with Gasteiger partial charge < -0.3 is 20.1 Å². The van der Waals surface area contributed by atoms with Crippen LogP contribution >= 0.6 is 0 Å². The van der Waals surface area contributed by atoms with E-state index in [4.69, 9.17) is 4.74 Å². The number of nitrogens with one attached hydrogen (secondary N) is 1. The maximum absolute atomic E-state index is 12.8. The molecule has 29 heavy (non-hydrogen) atoms. The molecule has 0 unspecified atom stereocenters. The standard InChI is InChI=1S/C23H30N2O4/c1-29-14-21(27)24-12-19-22(20(13-26)25(19)23(28)18-10-11-18)17-8-6-16(7-9-17)15-4-2-3-5-15/h4,6-9,18-20,22,26H,2-3,5,10-14H2,1H3,(H,24,27)/t19-,20-,22-/m1/s1. The van der Waals surface area contributed by atoms with Crippen molar-refractivity contribution in [3.05, 3.63) is 41.5 Å². The maximum Gasteiger partial charge on any atom is 0.246 e. The molecule has 156 valence electrons. The van der Waals surface area contributed by atoms with E-state index >= 15 is 0 Å². The zero-order valence-electron chi connectivity index (χ0n) is 17.0. The van der Waals surface area contributed by atoms with E-state index in [1.54, 1.807) is 0 Å². The Bertz CT molecular complexity index is 785. The van der Waals surface area contributed by atoms with Crippen LogP contribution in [0, 0.1) is 5.92 Å². The molecule has 6 nitrogen and oxygen atoms in total. The number of carbonyl (C=O) groups excluding carboxylic acids is 2. The number of aliphatic hydroxyl groups excluding tert-OH is 1. The van der Waals surface area contributed by atoms with Crippen molar-refractivity contribution in [2.24, 2.45) is 5.92 Å². The summed E-state index contributed by atoms with van der Waals surface area (Å²) in [7, 11) is 1.48. The van der Waals surface area contributed by atoms with E-state index in [1.807, 2.05) is 4.90 Å². The Balaban J connectivity index is 1.53. The quantitative estimate of drug-likeness (QED) is 0.703. The third kappa shape index (κ3) is 4.09. The van der Waals surface area contributed by atoms with Crippen LogP contribution in [-0.2, 0) is 14.3 Å². The molecule has 1 aliphatic heterocycles. The average Bonchev–Trinajstić information content (AvgIpc) is 3.42. The van der Waals surface area contributed by atoms with Gasteiger partial charge in [0.2, 0.25) is 11.8 Å². The van der Waals surface area contributed by atoms with E-state index < -0.39 is 0 Å². The Morgan fingerprint density at radius 3 is 2.55 bits per heavy atom. The Morgan fingerprint density at radius 1 is 1.21 bits per heavy atom. The third-order valence-corrected chi connectivity index (χ3v) is 6.40. The van der Waals surface area contributed by atoms with Crippen LogP contribution in [0.2, 0.25) is 0 Å². The van der Waals surface area contributed by atoms with Crippen molar-refractivity contribution in [3.63, 3.8) is 0 Å². The number of amides is 2. The second kappa shape index (κ2) is 8.67. The number of ether oxygens (including phenoxy) is 1. The van der Waals surface area contributed by atoms with Crippen LogP contribution in [0.25, 0.3) is 5.57 Å². The summed E-state index contributed by atoms with van der Waals surface area (Å²) in [5.74, 6) is 0.0102. The molecule has 1 heterocycles. The molecule has 6 heteroatoms. The summed E-state index contributed by atoms with van der Waals surface area (Å²) in [5.41, 5.74) is 3.76. The number of hydrogen-bond donors (Lipinski definition) is 2. The summed E-state index contributed by atoms with van der Waals surface area (Å²) in [5, 5.41) is 12.9. The lowest BCUT2D eigenvalue weighted by Crippen LogP contribution is -2.69. The Labute approximate surface area is 171 Å². The number of carbonyl (C=O) groups is 2. The zero-order valence-corrected chi connectivity index (χ0v) is 17.0. The molecule has 0 radical (unpaired) electrons. The predicted molar refractivity (Wildman–Crippen MR) is 110 cm³/mol. The molecule has 2 fully saturated rings. The molecule has 2 aliphatic carbocycles. The van der Waals surface area contributed by atoms with Gasteiger partial charge in [0.1, 0.15) is 6.61 Å².